The minimum atomic E-state index is -0.453. The highest BCUT2D eigenvalue weighted by atomic mass is 16.5. The van der Waals surface area contributed by atoms with Crippen LogP contribution in [0.4, 0.5) is 0 Å². The minimum absolute atomic E-state index is 0.208. The molecule has 0 fully saturated rings. The molecule has 5 heteroatoms. The van der Waals surface area contributed by atoms with Crippen LogP contribution < -0.4 is 15.1 Å². The monoisotopic (exact) mass is 326 g/mol. The number of ether oxygens (including phenoxy) is 3. The predicted molar refractivity (Wildman–Crippen MR) is 90.5 cm³/mol. The van der Waals surface area contributed by atoms with Gasteiger partial charge in [0, 0.05) is 6.07 Å². The van der Waals surface area contributed by atoms with E-state index in [1.165, 1.54) is 7.11 Å². The highest BCUT2D eigenvalue weighted by Gasteiger charge is 2.12. The highest BCUT2D eigenvalue weighted by molar-refractivity contribution is 5.88. The Kier molecular flexibility index (Phi) is 4.82. The van der Waals surface area contributed by atoms with Crippen molar-refractivity contribution in [3.05, 3.63) is 70.3 Å². The Bertz CT molecular complexity index is 883. The van der Waals surface area contributed by atoms with Crippen LogP contribution in [-0.2, 0) is 18.0 Å². The summed E-state index contributed by atoms with van der Waals surface area (Å²) in [6.45, 7) is 0.656. The molecule has 0 N–H and O–H groups in total. The number of rotatable bonds is 6. The molecule has 2 aromatic carbocycles. The quantitative estimate of drug-likeness (QED) is 0.693. The summed E-state index contributed by atoms with van der Waals surface area (Å²) in [6, 6.07) is 15.0. The number of hydrogen-bond acceptors (Lipinski definition) is 5. The molecular formula is C19H18O5. The third-order valence-electron chi connectivity index (χ3n) is 3.66. The Balaban J connectivity index is 1.85. The van der Waals surface area contributed by atoms with Crippen LogP contribution in [0.1, 0.15) is 11.3 Å². The highest BCUT2D eigenvalue weighted by Crippen LogP contribution is 2.29. The summed E-state index contributed by atoms with van der Waals surface area (Å²) in [4.78, 5) is 12.3. The molecular weight excluding hydrogens is 308 g/mol. The van der Waals surface area contributed by atoms with Crippen molar-refractivity contribution in [3.63, 3.8) is 0 Å². The second kappa shape index (κ2) is 7.19. The summed E-state index contributed by atoms with van der Waals surface area (Å²) in [5.41, 5.74) is 0.606. The lowest BCUT2D eigenvalue weighted by Crippen LogP contribution is -2.05. The van der Waals surface area contributed by atoms with E-state index in [0.29, 0.717) is 34.6 Å². The Labute approximate surface area is 139 Å². The first-order chi connectivity index (χ1) is 11.7. The van der Waals surface area contributed by atoms with E-state index in [1.54, 1.807) is 25.3 Å². The van der Waals surface area contributed by atoms with E-state index in [0.717, 1.165) is 5.56 Å². The molecule has 0 saturated carbocycles. The number of hydrogen-bond donors (Lipinski definition) is 0. The van der Waals surface area contributed by atoms with Crippen molar-refractivity contribution >= 4 is 10.8 Å². The predicted octanol–water partition coefficient (Wildman–Crippen LogP) is 3.53. The van der Waals surface area contributed by atoms with Gasteiger partial charge in [0.25, 0.3) is 0 Å². The molecule has 0 aliphatic carbocycles. The lowest BCUT2D eigenvalue weighted by atomic mass is 10.1. The molecule has 0 atom stereocenters. The van der Waals surface area contributed by atoms with Gasteiger partial charge in [-0.1, -0.05) is 30.3 Å². The van der Waals surface area contributed by atoms with E-state index < -0.39 is 5.63 Å². The van der Waals surface area contributed by atoms with Crippen molar-refractivity contribution in [1.29, 1.82) is 0 Å². The van der Waals surface area contributed by atoms with Gasteiger partial charge in [0.15, 0.2) is 0 Å². The third kappa shape index (κ3) is 3.41. The van der Waals surface area contributed by atoms with Crippen LogP contribution in [0.25, 0.3) is 10.8 Å². The molecule has 1 aromatic heterocycles. The van der Waals surface area contributed by atoms with Crippen LogP contribution in [0.15, 0.2) is 57.7 Å². The normalized spacial score (nSPS) is 10.8. The van der Waals surface area contributed by atoms with E-state index >= 15 is 0 Å². The maximum absolute atomic E-state index is 12.3. The second-order valence-electron chi connectivity index (χ2n) is 5.27. The van der Waals surface area contributed by atoms with Gasteiger partial charge in [0.2, 0.25) is 0 Å². The summed E-state index contributed by atoms with van der Waals surface area (Å²) in [5.74, 6) is 1.50. The van der Waals surface area contributed by atoms with Crippen molar-refractivity contribution in [2.24, 2.45) is 0 Å². The Morgan fingerprint density at radius 1 is 0.958 bits per heavy atom. The molecule has 0 unspecified atom stereocenters. The van der Waals surface area contributed by atoms with Crippen molar-refractivity contribution in [3.8, 4) is 11.5 Å². The smallest absolute Gasteiger partial charge is 0.347 e. The molecule has 0 saturated heterocycles. The van der Waals surface area contributed by atoms with Crippen LogP contribution >= 0.6 is 0 Å². The van der Waals surface area contributed by atoms with Crippen molar-refractivity contribution < 1.29 is 18.6 Å². The van der Waals surface area contributed by atoms with Crippen LogP contribution in [0.3, 0.4) is 0 Å². The fourth-order valence-electron chi connectivity index (χ4n) is 2.51. The fraction of sp³-hybridized carbons (Fsp3) is 0.211. The van der Waals surface area contributed by atoms with Crippen molar-refractivity contribution in [1.82, 2.24) is 0 Å². The largest absolute Gasteiger partial charge is 0.497 e. The van der Waals surface area contributed by atoms with Crippen LogP contribution in [0, 0.1) is 0 Å². The molecule has 0 spiro atoms. The van der Waals surface area contributed by atoms with E-state index in [-0.39, 0.29) is 6.61 Å². The second-order valence-corrected chi connectivity index (χ2v) is 5.27. The number of fused-ring (bicyclic) bond motifs is 1. The van der Waals surface area contributed by atoms with E-state index in [4.69, 9.17) is 18.6 Å². The molecule has 0 aliphatic rings. The van der Waals surface area contributed by atoms with Gasteiger partial charge in [-0.15, -0.1) is 0 Å². The van der Waals surface area contributed by atoms with Crippen molar-refractivity contribution in [2.45, 2.75) is 13.2 Å². The standard InChI is InChI=1S/C19H18O5/c1-21-15-8-14-9-16(12-23-11-13-6-4-3-5-7-13)24-19(20)18(14)17(10-15)22-2/h3-10H,11-12H2,1-2H3. The summed E-state index contributed by atoms with van der Waals surface area (Å²) >= 11 is 0. The fourth-order valence-corrected chi connectivity index (χ4v) is 2.51. The summed E-state index contributed by atoms with van der Waals surface area (Å²) in [5, 5.41) is 1.09. The molecule has 5 nitrogen and oxygen atoms in total. The average molecular weight is 326 g/mol. The van der Waals surface area contributed by atoms with E-state index in [1.807, 2.05) is 30.3 Å². The zero-order valence-corrected chi connectivity index (χ0v) is 13.6. The SMILES string of the molecule is COc1cc(OC)c2c(=O)oc(COCc3ccccc3)cc2c1. The van der Waals surface area contributed by atoms with Gasteiger partial charge >= 0.3 is 5.63 Å². The van der Waals surface area contributed by atoms with Gasteiger partial charge in [-0.2, -0.15) is 0 Å². The van der Waals surface area contributed by atoms with E-state index in [2.05, 4.69) is 0 Å². The van der Waals surface area contributed by atoms with Gasteiger partial charge < -0.3 is 18.6 Å². The van der Waals surface area contributed by atoms with Crippen LogP contribution in [0.2, 0.25) is 0 Å². The van der Waals surface area contributed by atoms with Gasteiger partial charge in [0.1, 0.15) is 29.3 Å². The molecule has 3 aromatic rings. The van der Waals surface area contributed by atoms with E-state index in [9.17, 15) is 4.79 Å². The first kappa shape index (κ1) is 16.1. The molecule has 1 heterocycles. The Hall–Kier alpha value is -2.79. The topological polar surface area (TPSA) is 57.9 Å². The van der Waals surface area contributed by atoms with Crippen molar-refractivity contribution in [2.75, 3.05) is 14.2 Å². The van der Waals surface area contributed by atoms with Gasteiger partial charge in [-0.3, -0.25) is 0 Å². The average Bonchev–Trinajstić information content (AvgIpc) is 2.61. The van der Waals surface area contributed by atoms with Crippen LogP contribution in [-0.4, -0.2) is 14.2 Å². The molecule has 3 rings (SSSR count). The molecule has 24 heavy (non-hydrogen) atoms. The summed E-state index contributed by atoms with van der Waals surface area (Å²) < 4.78 is 21.5. The summed E-state index contributed by atoms with van der Waals surface area (Å²) in [6.07, 6.45) is 0. The van der Waals surface area contributed by atoms with Gasteiger partial charge in [-0.25, -0.2) is 4.79 Å². The third-order valence-corrected chi connectivity index (χ3v) is 3.66. The Morgan fingerprint density at radius 2 is 1.75 bits per heavy atom. The minimum Gasteiger partial charge on any atom is -0.497 e. The Morgan fingerprint density at radius 3 is 2.46 bits per heavy atom. The zero-order chi connectivity index (χ0) is 16.9. The lowest BCUT2D eigenvalue weighted by Gasteiger charge is -2.09. The molecule has 0 radical (unpaired) electrons. The first-order valence-electron chi connectivity index (χ1n) is 7.51. The first-order valence-corrected chi connectivity index (χ1v) is 7.51. The molecule has 0 aliphatic heterocycles. The molecule has 0 amide bonds. The summed E-state index contributed by atoms with van der Waals surface area (Å²) in [7, 11) is 3.07. The maximum atomic E-state index is 12.3. The molecule has 124 valence electrons. The zero-order valence-electron chi connectivity index (χ0n) is 13.6. The lowest BCUT2D eigenvalue weighted by molar-refractivity contribution is 0.0910. The van der Waals surface area contributed by atoms with Gasteiger partial charge in [-0.05, 0) is 23.1 Å². The number of methoxy groups -OCH3 is 2. The number of benzene rings is 2. The maximum Gasteiger partial charge on any atom is 0.347 e. The molecule has 0 bridgehead atoms. The van der Waals surface area contributed by atoms with Gasteiger partial charge in [0.05, 0.1) is 20.8 Å². The van der Waals surface area contributed by atoms with Crippen LogP contribution in [0.5, 0.6) is 11.5 Å².